The van der Waals surface area contributed by atoms with E-state index in [-0.39, 0.29) is 17.1 Å². The quantitative estimate of drug-likeness (QED) is 0.639. The topological polar surface area (TPSA) is 59.8 Å². The molecular formula is C18H24N4OS. The maximum Gasteiger partial charge on any atom is 0.234 e. The van der Waals surface area contributed by atoms with E-state index >= 15 is 0 Å². The third-order valence-electron chi connectivity index (χ3n) is 3.56. The van der Waals surface area contributed by atoms with Crippen molar-refractivity contribution < 1.29 is 4.79 Å². The van der Waals surface area contributed by atoms with Crippen LogP contribution in [0.15, 0.2) is 42.1 Å². The van der Waals surface area contributed by atoms with Gasteiger partial charge in [0.05, 0.1) is 5.75 Å². The van der Waals surface area contributed by atoms with E-state index in [2.05, 4.69) is 42.9 Å². The van der Waals surface area contributed by atoms with E-state index in [0.29, 0.717) is 6.54 Å². The van der Waals surface area contributed by atoms with E-state index in [1.54, 1.807) is 6.08 Å². The van der Waals surface area contributed by atoms with Gasteiger partial charge in [-0.25, -0.2) is 0 Å². The van der Waals surface area contributed by atoms with Crippen LogP contribution in [0.25, 0.3) is 0 Å². The Morgan fingerprint density at radius 3 is 2.71 bits per heavy atom. The Labute approximate surface area is 147 Å². The van der Waals surface area contributed by atoms with E-state index in [1.165, 1.54) is 11.8 Å². The van der Waals surface area contributed by atoms with Crippen molar-refractivity contribution in [2.75, 3.05) is 11.1 Å². The van der Waals surface area contributed by atoms with Crippen LogP contribution in [-0.2, 0) is 16.8 Å². The number of allylic oxidation sites excluding steroid dienone is 1. The van der Waals surface area contributed by atoms with Crippen LogP contribution in [0.5, 0.6) is 0 Å². The molecule has 1 aromatic carbocycles. The lowest BCUT2D eigenvalue weighted by molar-refractivity contribution is -0.113. The molecule has 0 fully saturated rings. The number of thioether (sulfide) groups is 1. The first-order valence-corrected chi connectivity index (χ1v) is 8.84. The molecule has 24 heavy (non-hydrogen) atoms. The van der Waals surface area contributed by atoms with Gasteiger partial charge in [0.1, 0.15) is 5.82 Å². The number of hydrogen-bond donors (Lipinski definition) is 1. The largest absolute Gasteiger partial charge is 0.325 e. The summed E-state index contributed by atoms with van der Waals surface area (Å²) in [7, 11) is 0. The predicted octanol–water partition coefficient (Wildman–Crippen LogP) is 3.80. The van der Waals surface area contributed by atoms with Crippen molar-refractivity contribution in [2.24, 2.45) is 0 Å². The molecule has 0 unspecified atom stereocenters. The summed E-state index contributed by atoms with van der Waals surface area (Å²) in [4.78, 5) is 12.3. The predicted molar refractivity (Wildman–Crippen MR) is 99.5 cm³/mol. The molecule has 0 radical (unpaired) electrons. The summed E-state index contributed by atoms with van der Waals surface area (Å²) in [6.45, 7) is 12.7. The Morgan fingerprint density at radius 1 is 1.33 bits per heavy atom. The number of aryl methyl sites for hydroxylation is 1. The second kappa shape index (κ2) is 7.66. The zero-order valence-corrected chi connectivity index (χ0v) is 15.5. The van der Waals surface area contributed by atoms with Crippen LogP contribution in [0, 0.1) is 6.92 Å². The van der Waals surface area contributed by atoms with E-state index in [1.807, 2.05) is 35.8 Å². The van der Waals surface area contributed by atoms with Crippen LogP contribution < -0.4 is 5.32 Å². The second-order valence-corrected chi connectivity index (χ2v) is 7.50. The number of amides is 1. The number of carbonyl (C=O) groups excluding carboxylic acids is 1. The molecule has 2 aromatic rings. The number of rotatable bonds is 6. The van der Waals surface area contributed by atoms with Crippen molar-refractivity contribution >= 4 is 23.4 Å². The average Bonchev–Trinajstić information content (AvgIpc) is 2.86. The zero-order valence-electron chi connectivity index (χ0n) is 14.7. The molecule has 0 bridgehead atoms. The lowest BCUT2D eigenvalue weighted by Gasteiger charge is -2.22. The molecule has 0 saturated carbocycles. The fourth-order valence-electron chi connectivity index (χ4n) is 2.37. The summed E-state index contributed by atoms with van der Waals surface area (Å²) in [5.41, 5.74) is 1.95. The molecule has 0 atom stereocenters. The molecule has 1 heterocycles. The normalized spacial score (nSPS) is 11.3. The van der Waals surface area contributed by atoms with Gasteiger partial charge in [0.2, 0.25) is 5.91 Å². The van der Waals surface area contributed by atoms with Gasteiger partial charge in [-0.2, -0.15) is 0 Å². The SMILES string of the molecule is C=CCn1c(C)nnc1SCC(=O)Nc1ccccc1C(C)(C)C. The lowest BCUT2D eigenvalue weighted by atomic mass is 9.86. The molecule has 5 nitrogen and oxygen atoms in total. The third kappa shape index (κ3) is 4.47. The van der Waals surface area contributed by atoms with Crippen molar-refractivity contribution in [2.45, 2.75) is 44.8 Å². The number of carbonyl (C=O) groups is 1. The van der Waals surface area contributed by atoms with Crippen molar-refractivity contribution in [3.63, 3.8) is 0 Å². The third-order valence-corrected chi connectivity index (χ3v) is 4.52. The van der Waals surface area contributed by atoms with E-state index in [9.17, 15) is 4.79 Å². The molecule has 0 aliphatic rings. The zero-order chi connectivity index (χ0) is 17.7. The van der Waals surface area contributed by atoms with Crippen molar-refractivity contribution in [3.05, 3.63) is 48.3 Å². The van der Waals surface area contributed by atoms with Gasteiger partial charge in [0.15, 0.2) is 5.16 Å². The Kier molecular flexibility index (Phi) is 5.83. The fourth-order valence-corrected chi connectivity index (χ4v) is 3.16. The van der Waals surface area contributed by atoms with Gasteiger partial charge in [0.25, 0.3) is 0 Å². The Bertz CT molecular complexity index is 731. The van der Waals surface area contributed by atoms with Gasteiger partial charge in [-0.1, -0.05) is 56.8 Å². The molecular weight excluding hydrogens is 320 g/mol. The van der Waals surface area contributed by atoms with Crippen molar-refractivity contribution in [3.8, 4) is 0 Å². The Morgan fingerprint density at radius 2 is 2.04 bits per heavy atom. The van der Waals surface area contributed by atoms with E-state index in [4.69, 9.17) is 0 Å². The molecule has 1 N–H and O–H groups in total. The minimum Gasteiger partial charge on any atom is -0.325 e. The summed E-state index contributed by atoms with van der Waals surface area (Å²) < 4.78 is 1.94. The van der Waals surface area contributed by atoms with Gasteiger partial charge in [-0.3, -0.25) is 4.79 Å². The number of nitrogens with one attached hydrogen (secondary N) is 1. The smallest absolute Gasteiger partial charge is 0.234 e. The maximum absolute atomic E-state index is 12.3. The van der Waals surface area contributed by atoms with Crippen LogP contribution in [0.1, 0.15) is 32.2 Å². The number of para-hydroxylation sites is 1. The molecule has 128 valence electrons. The minimum atomic E-state index is -0.0532. The Balaban J connectivity index is 2.04. The number of hydrogen-bond acceptors (Lipinski definition) is 4. The van der Waals surface area contributed by atoms with Crippen molar-refractivity contribution in [1.82, 2.24) is 14.8 Å². The molecule has 0 aliphatic carbocycles. The highest BCUT2D eigenvalue weighted by Crippen LogP contribution is 2.29. The van der Waals surface area contributed by atoms with Gasteiger partial charge in [-0.05, 0) is 24.0 Å². The molecule has 1 aromatic heterocycles. The number of nitrogens with zero attached hydrogens (tertiary/aromatic N) is 3. The van der Waals surface area contributed by atoms with Gasteiger partial charge in [0, 0.05) is 12.2 Å². The summed E-state index contributed by atoms with van der Waals surface area (Å²) in [6, 6.07) is 7.91. The second-order valence-electron chi connectivity index (χ2n) is 6.56. The van der Waals surface area contributed by atoms with Crippen LogP contribution >= 0.6 is 11.8 Å². The number of aromatic nitrogens is 3. The highest BCUT2D eigenvalue weighted by atomic mass is 32.2. The highest BCUT2D eigenvalue weighted by molar-refractivity contribution is 7.99. The van der Waals surface area contributed by atoms with Gasteiger partial charge < -0.3 is 9.88 Å². The van der Waals surface area contributed by atoms with Crippen LogP contribution in [0.4, 0.5) is 5.69 Å². The monoisotopic (exact) mass is 344 g/mol. The molecule has 2 rings (SSSR count). The first kappa shape index (κ1) is 18.3. The first-order valence-electron chi connectivity index (χ1n) is 7.85. The molecule has 0 spiro atoms. The molecule has 1 amide bonds. The van der Waals surface area contributed by atoms with Crippen LogP contribution in [0.3, 0.4) is 0 Å². The van der Waals surface area contributed by atoms with Crippen LogP contribution in [0.2, 0.25) is 0 Å². The summed E-state index contributed by atoms with van der Waals surface area (Å²) in [5, 5.41) is 11.9. The minimum absolute atomic E-state index is 0.0295. The maximum atomic E-state index is 12.3. The number of anilines is 1. The molecule has 6 heteroatoms. The van der Waals surface area contributed by atoms with E-state index in [0.717, 1.165) is 22.2 Å². The van der Waals surface area contributed by atoms with E-state index < -0.39 is 0 Å². The summed E-state index contributed by atoms with van der Waals surface area (Å²) in [6.07, 6.45) is 1.79. The molecule has 0 saturated heterocycles. The fraction of sp³-hybridized carbons (Fsp3) is 0.389. The lowest BCUT2D eigenvalue weighted by Crippen LogP contribution is -2.20. The van der Waals surface area contributed by atoms with Gasteiger partial charge in [-0.15, -0.1) is 16.8 Å². The molecule has 0 aliphatic heterocycles. The summed E-state index contributed by atoms with van der Waals surface area (Å²) >= 11 is 1.38. The van der Waals surface area contributed by atoms with Crippen LogP contribution in [-0.4, -0.2) is 26.4 Å². The van der Waals surface area contributed by atoms with Crippen molar-refractivity contribution in [1.29, 1.82) is 0 Å². The number of benzene rings is 1. The Hall–Kier alpha value is -2.08. The average molecular weight is 344 g/mol. The van der Waals surface area contributed by atoms with Gasteiger partial charge >= 0.3 is 0 Å². The summed E-state index contributed by atoms with van der Waals surface area (Å²) in [5.74, 6) is 1.05. The first-order chi connectivity index (χ1) is 11.3. The highest BCUT2D eigenvalue weighted by Gasteiger charge is 2.19. The standard InChI is InChI=1S/C18H24N4OS/c1-6-11-22-13(2)20-21-17(22)24-12-16(23)19-15-10-8-7-9-14(15)18(3,4)5/h6-10H,1,11-12H2,2-5H3,(H,19,23).